The molecule has 1 aromatic carbocycles. The number of benzene rings is 1. The van der Waals surface area contributed by atoms with E-state index in [4.69, 9.17) is 0 Å². The summed E-state index contributed by atoms with van der Waals surface area (Å²) in [5.74, 6) is 0.823. The smallest absolute Gasteiger partial charge is 0.244 e. The Labute approximate surface area is 143 Å². The van der Waals surface area contributed by atoms with E-state index >= 15 is 0 Å². The van der Waals surface area contributed by atoms with Gasteiger partial charge in [0.1, 0.15) is 0 Å². The van der Waals surface area contributed by atoms with Gasteiger partial charge < -0.3 is 15.1 Å². The molecule has 24 heavy (non-hydrogen) atoms. The quantitative estimate of drug-likeness (QED) is 0.919. The highest BCUT2D eigenvalue weighted by molar-refractivity contribution is 5.99. The van der Waals surface area contributed by atoms with Crippen molar-refractivity contribution in [3.05, 3.63) is 29.8 Å². The Morgan fingerprint density at radius 2 is 2.12 bits per heavy atom. The molecule has 0 unspecified atom stereocenters. The van der Waals surface area contributed by atoms with E-state index in [0.717, 1.165) is 57.5 Å². The van der Waals surface area contributed by atoms with Crippen molar-refractivity contribution >= 4 is 17.5 Å². The summed E-state index contributed by atoms with van der Waals surface area (Å²) in [5.41, 5.74) is 2.32. The minimum atomic E-state index is -0.0306. The Bertz CT molecular complexity index is 639. The molecule has 2 amide bonds. The van der Waals surface area contributed by atoms with Crippen LogP contribution in [0.5, 0.6) is 0 Å². The molecule has 2 fully saturated rings. The van der Waals surface area contributed by atoms with Gasteiger partial charge in [-0.15, -0.1) is 0 Å². The molecule has 2 atom stereocenters. The van der Waals surface area contributed by atoms with Gasteiger partial charge in [-0.1, -0.05) is 18.2 Å². The maximum atomic E-state index is 12.9. The van der Waals surface area contributed by atoms with Crippen LogP contribution in [0.2, 0.25) is 0 Å². The van der Waals surface area contributed by atoms with Crippen molar-refractivity contribution in [1.82, 2.24) is 10.2 Å². The Kier molecular flexibility index (Phi) is 4.27. The summed E-state index contributed by atoms with van der Waals surface area (Å²) in [6.45, 7) is 3.38. The summed E-state index contributed by atoms with van der Waals surface area (Å²) in [6.07, 6.45) is 4.62. The van der Waals surface area contributed by atoms with Crippen LogP contribution in [0.25, 0.3) is 0 Å². The molecule has 4 rings (SSSR count). The van der Waals surface area contributed by atoms with Crippen LogP contribution in [0, 0.1) is 0 Å². The van der Waals surface area contributed by atoms with E-state index in [1.54, 1.807) is 0 Å². The fourth-order valence-electron chi connectivity index (χ4n) is 4.29. The summed E-state index contributed by atoms with van der Waals surface area (Å²) >= 11 is 0. The summed E-state index contributed by atoms with van der Waals surface area (Å²) in [4.78, 5) is 28.6. The maximum absolute atomic E-state index is 12.9. The number of carbonyl (C=O) groups is 2. The van der Waals surface area contributed by atoms with E-state index in [0.29, 0.717) is 12.3 Å². The van der Waals surface area contributed by atoms with Crippen LogP contribution >= 0.6 is 0 Å². The van der Waals surface area contributed by atoms with Gasteiger partial charge in [-0.05, 0) is 43.9 Å². The first kappa shape index (κ1) is 15.6. The second-order valence-corrected chi connectivity index (χ2v) is 7.13. The van der Waals surface area contributed by atoms with Gasteiger partial charge in [0.15, 0.2) is 0 Å². The Morgan fingerprint density at radius 3 is 2.88 bits per heavy atom. The number of hydrogen-bond donors (Lipinski definition) is 1. The molecule has 128 valence electrons. The molecule has 2 saturated heterocycles. The van der Waals surface area contributed by atoms with E-state index in [9.17, 15) is 9.59 Å². The van der Waals surface area contributed by atoms with Crippen molar-refractivity contribution in [1.29, 1.82) is 0 Å². The van der Waals surface area contributed by atoms with Crippen molar-refractivity contribution in [2.45, 2.75) is 44.1 Å². The third-order valence-corrected chi connectivity index (χ3v) is 5.61. The first-order chi connectivity index (χ1) is 11.7. The largest absolute Gasteiger partial charge is 0.343 e. The SMILES string of the molecule is O=C1CCCN1CC[C@H]1CN(C(=O)[C@H]2CCCN2)c2ccccc21. The number of rotatable bonds is 4. The number of nitrogens with zero attached hydrogens (tertiary/aromatic N) is 2. The molecule has 3 aliphatic rings. The van der Waals surface area contributed by atoms with Gasteiger partial charge in [0, 0.05) is 37.7 Å². The zero-order chi connectivity index (χ0) is 16.5. The van der Waals surface area contributed by atoms with Crippen LogP contribution in [0.3, 0.4) is 0 Å². The Morgan fingerprint density at radius 1 is 1.25 bits per heavy atom. The number of anilines is 1. The molecular weight excluding hydrogens is 302 g/mol. The number of hydrogen-bond acceptors (Lipinski definition) is 3. The first-order valence-electron chi connectivity index (χ1n) is 9.15. The van der Waals surface area contributed by atoms with Gasteiger partial charge in [-0.25, -0.2) is 0 Å². The van der Waals surface area contributed by atoms with Gasteiger partial charge in [0.05, 0.1) is 6.04 Å². The lowest BCUT2D eigenvalue weighted by molar-refractivity contribution is -0.127. The van der Waals surface area contributed by atoms with Gasteiger partial charge in [-0.2, -0.15) is 0 Å². The highest BCUT2D eigenvalue weighted by atomic mass is 16.2. The highest BCUT2D eigenvalue weighted by Gasteiger charge is 2.36. The number of amides is 2. The van der Waals surface area contributed by atoms with Gasteiger partial charge in [0.2, 0.25) is 11.8 Å². The lowest BCUT2D eigenvalue weighted by Crippen LogP contribution is -2.43. The molecule has 3 heterocycles. The van der Waals surface area contributed by atoms with Crippen molar-refractivity contribution in [2.24, 2.45) is 0 Å². The second-order valence-electron chi connectivity index (χ2n) is 7.13. The maximum Gasteiger partial charge on any atom is 0.244 e. The predicted octanol–water partition coefficient (Wildman–Crippen LogP) is 1.88. The van der Waals surface area contributed by atoms with Crippen molar-refractivity contribution < 1.29 is 9.59 Å². The minimum absolute atomic E-state index is 0.0306. The van der Waals surface area contributed by atoms with E-state index in [-0.39, 0.29) is 17.9 Å². The summed E-state index contributed by atoms with van der Waals surface area (Å²) < 4.78 is 0. The van der Waals surface area contributed by atoms with Gasteiger partial charge in [0.25, 0.3) is 0 Å². The zero-order valence-corrected chi connectivity index (χ0v) is 14.0. The van der Waals surface area contributed by atoms with Gasteiger partial charge in [-0.3, -0.25) is 9.59 Å². The van der Waals surface area contributed by atoms with Crippen LogP contribution in [-0.2, 0) is 9.59 Å². The summed E-state index contributed by atoms with van der Waals surface area (Å²) in [7, 11) is 0. The zero-order valence-electron chi connectivity index (χ0n) is 14.0. The van der Waals surface area contributed by atoms with E-state index in [1.165, 1.54) is 5.56 Å². The molecule has 1 aromatic rings. The Hall–Kier alpha value is -1.88. The third kappa shape index (κ3) is 2.81. The van der Waals surface area contributed by atoms with E-state index in [1.807, 2.05) is 15.9 Å². The van der Waals surface area contributed by atoms with Crippen LogP contribution in [0.4, 0.5) is 5.69 Å². The number of para-hydroxylation sites is 1. The highest BCUT2D eigenvalue weighted by Crippen LogP contribution is 2.38. The number of likely N-dealkylation sites (tertiary alicyclic amines) is 1. The normalized spacial score (nSPS) is 26.2. The van der Waals surface area contributed by atoms with E-state index in [2.05, 4.69) is 23.5 Å². The third-order valence-electron chi connectivity index (χ3n) is 5.61. The lowest BCUT2D eigenvalue weighted by Gasteiger charge is -2.22. The number of carbonyl (C=O) groups excluding carboxylic acids is 2. The molecule has 5 heteroatoms. The lowest BCUT2D eigenvalue weighted by atomic mass is 9.98. The van der Waals surface area contributed by atoms with Crippen LogP contribution < -0.4 is 10.2 Å². The van der Waals surface area contributed by atoms with Crippen LogP contribution in [-0.4, -0.2) is 48.9 Å². The summed E-state index contributed by atoms with van der Waals surface area (Å²) in [6, 6.07) is 8.23. The molecule has 0 aliphatic carbocycles. The first-order valence-corrected chi connectivity index (χ1v) is 9.15. The fourth-order valence-corrected chi connectivity index (χ4v) is 4.29. The average molecular weight is 327 g/mol. The molecule has 0 saturated carbocycles. The molecular formula is C19H25N3O2. The molecule has 5 nitrogen and oxygen atoms in total. The minimum Gasteiger partial charge on any atom is -0.343 e. The van der Waals surface area contributed by atoms with Crippen molar-refractivity contribution in [2.75, 3.05) is 31.1 Å². The number of nitrogens with one attached hydrogen (secondary N) is 1. The molecule has 0 spiro atoms. The van der Waals surface area contributed by atoms with Crippen LogP contribution in [0.1, 0.15) is 43.6 Å². The molecule has 0 aromatic heterocycles. The molecule has 0 bridgehead atoms. The number of fused-ring (bicyclic) bond motifs is 1. The Balaban J connectivity index is 1.48. The van der Waals surface area contributed by atoms with Crippen molar-refractivity contribution in [3.8, 4) is 0 Å². The predicted molar refractivity (Wildman–Crippen MR) is 93.0 cm³/mol. The summed E-state index contributed by atoms with van der Waals surface area (Å²) in [5, 5.41) is 3.32. The monoisotopic (exact) mass is 327 g/mol. The van der Waals surface area contributed by atoms with E-state index < -0.39 is 0 Å². The standard InChI is InChI=1S/C19H25N3O2/c23-18-8-4-11-21(18)12-9-14-13-22(17-7-2-1-5-15(14)17)19(24)16-6-3-10-20-16/h1-2,5,7,14,16,20H,3-4,6,8-13H2/t14-,16+/m0/s1. The molecule has 3 aliphatic heterocycles. The average Bonchev–Trinajstić information content (AvgIpc) is 3.33. The topological polar surface area (TPSA) is 52.7 Å². The molecule has 1 N–H and O–H groups in total. The van der Waals surface area contributed by atoms with Crippen LogP contribution in [0.15, 0.2) is 24.3 Å². The fraction of sp³-hybridized carbons (Fsp3) is 0.579. The second kappa shape index (κ2) is 6.55. The molecule has 0 radical (unpaired) electrons. The van der Waals surface area contributed by atoms with Crippen molar-refractivity contribution in [3.63, 3.8) is 0 Å². The van der Waals surface area contributed by atoms with Gasteiger partial charge >= 0.3 is 0 Å².